The molecule has 18 heavy (non-hydrogen) atoms. The predicted molar refractivity (Wildman–Crippen MR) is 72.1 cm³/mol. The van der Waals surface area contributed by atoms with Gasteiger partial charge in [0.15, 0.2) is 0 Å². The second kappa shape index (κ2) is 4.80. The average molecular weight is 246 g/mol. The summed E-state index contributed by atoms with van der Waals surface area (Å²) < 4.78 is 0. The minimum atomic E-state index is 0.0820. The molecule has 1 heterocycles. The third-order valence-electron chi connectivity index (χ3n) is 3.24. The van der Waals surface area contributed by atoms with Crippen LogP contribution in [-0.2, 0) is 16.0 Å². The number of hydrogen-bond donors (Lipinski definition) is 0. The quantitative estimate of drug-likeness (QED) is 0.813. The summed E-state index contributed by atoms with van der Waals surface area (Å²) in [6.07, 6.45) is 0.886. The molecule has 0 unspecified atom stereocenters. The van der Waals surface area contributed by atoms with Crippen molar-refractivity contribution in [3.63, 3.8) is 0 Å². The van der Waals surface area contributed by atoms with Crippen molar-refractivity contribution in [3.8, 4) is 0 Å². The van der Waals surface area contributed by atoms with Crippen LogP contribution < -0.4 is 9.80 Å². The standard InChI is InChI=1S/C14H18N2O2/c1-10(17)9-15(3)13-4-5-14-12(8-13)6-7-16(14)11(2)18/h4-5,8H,6-7,9H2,1-3H3. The second-order valence-electron chi connectivity index (χ2n) is 4.79. The lowest BCUT2D eigenvalue weighted by atomic mass is 10.1. The molecule has 0 spiro atoms. The summed E-state index contributed by atoms with van der Waals surface area (Å²) in [6.45, 7) is 4.34. The monoisotopic (exact) mass is 246 g/mol. The van der Waals surface area contributed by atoms with E-state index in [9.17, 15) is 9.59 Å². The molecule has 4 nitrogen and oxygen atoms in total. The smallest absolute Gasteiger partial charge is 0.223 e. The highest BCUT2D eigenvalue weighted by molar-refractivity contribution is 5.94. The summed E-state index contributed by atoms with van der Waals surface area (Å²) in [5, 5.41) is 0. The summed E-state index contributed by atoms with van der Waals surface area (Å²) in [7, 11) is 1.90. The molecule has 0 aromatic heterocycles. The largest absolute Gasteiger partial charge is 0.367 e. The predicted octanol–water partition coefficient (Wildman–Crippen LogP) is 1.62. The highest BCUT2D eigenvalue weighted by Gasteiger charge is 2.22. The number of hydrogen-bond acceptors (Lipinski definition) is 3. The van der Waals surface area contributed by atoms with E-state index in [4.69, 9.17) is 0 Å². The van der Waals surface area contributed by atoms with E-state index in [1.807, 2.05) is 24.1 Å². The first-order chi connectivity index (χ1) is 8.49. The van der Waals surface area contributed by atoms with Gasteiger partial charge in [-0.2, -0.15) is 0 Å². The molecule has 0 N–H and O–H groups in total. The maximum absolute atomic E-state index is 11.4. The van der Waals surface area contributed by atoms with E-state index >= 15 is 0 Å². The van der Waals surface area contributed by atoms with Crippen LogP contribution >= 0.6 is 0 Å². The Bertz CT molecular complexity index is 497. The van der Waals surface area contributed by atoms with E-state index in [2.05, 4.69) is 6.07 Å². The number of fused-ring (bicyclic) bond motifs is 1. The molecule has 96 valence electrons. The highest BCUT2D eigenvalue weighted by atomic mass is 16.2. The van der Waals surface area contributed by atoms with Crippen LogP contribution in [0.5, 0.6) is 0 Å². The Morgan fingerprint density at radius 3 is 2.67 bits per heavy atom. The van der Waals surface area contributed by atoms with Crippen LogP contribution in [0.2, 0.25) is 0 Å². The number of carbonyl (C=O) groups is 2. The number of carbonyl (C=O) groups excluding carboxylic acids is 2. The molecule has 1 amide bonds. The third-order valence-corrected chi connectivity index (χ3v) is 3.24. The number of benzene rings is 1. The zero-order chi connectivity index (χ0) is 13.3. The molecule has 4 heteroatoms. The fourth-order valence-electron chi connectivity index (χ4n) is 2.38. The Morgan fingerprint density at radius 1 is 1.33 bits per heavy atom. The normalized spacial score (nSPS) is 13.4. The van der Waals surface area contributed by atoms with Crippen LogP contribution in [0.3, 0.4) is 0 Å². The maximum Gasteiger partial charge on any atom is 0.223 e. The molecule has 0 saturated carbocycles. The summed E-state index contributed by atoms with van der Waals surface area (Å²) >= 11 is 0. The zero-order valence-corrected chi connectivity index (χ0v) is 11.1. The summed E-state index contributed by atoms with van der Waals surface area (Å²) in [5.41, 5.74) is 3.20. The molecule has 2 rings (SSSR count). The van der Waals surface area contributed by atoms with Crippen molar-refractivity contribution in [1.82, 2.24) is 0 Å². The lowest BCUT2D eigenvalue weighted by molar-refractivity contribution is -0.117. The van der Waals surface area contributed by atoms with Gasteiger partial charge < -0.3 is 9.80 Å². The molecule has 0 fully saturated rings. The van der Waals surface area contributed by atoms with Gasteiger partial charge in [0.25, 0.3) is 0 Å². The van der Waals surface area contributed by atoms with Gasteiger partial charge in [-0.15, -0.1) is 0 Å². The Balaban J connectivity index is 2.24. The first-order valence-electron chi connectivity index (χ1n) is 6.10. The summed E-state index contributed by atoms with van der Waals surface area (Å²) in [6, 6.07) is 6.00. The van der Waals surface area contributed by atoms with Crippen molar-refractivity contribution in [2.45, 2.75) is 20.3 Å². The van der Waals surface area contributed by atoms with E-state index in [1.165, 1.54) is 5.56 Å². The van der Waals surface area contributed by atoms with E-state index in [0.29, 0.717) is 6.54 Å². The topological polar surface area (TPSA) is 40.6 Å². The fraction of sp³-hybridized carbons (Fsp3) is 0.429. The van der Waals surface area contributed by atoms with Crippen molar-refractivity contribution < 1.29 is 9.59 Å². The van der Waals surface area contributed by atoms with Gasteiger partial charge in [-0.3, -0.25) is 9.59 Å². The number of anilines is 2. The van der Waals surface area contributed by atoms with Gasteiger partial charge in [-0.05, 0) is 37.1 Å². The Morgan fingerprint density at radius 2 is 2.06 bits per heavy atom. The summed E-state index contributed by atoms with van der Waals surface area (Å²) in [4.78, 5) is 26.3. The van der Waals surface area contributed by atoms with E-state index in [-0.39, 0.29) is 11.7 Å². The second-order valence-corrected chi connectivity index (χ2v) is 4.79. The Labute approximate surface area is 107 Å². The molecular formula is C14H18N2O2. The maximum atomic E-state index is 11.4. The molecule has 1 aliphatic rings. The Kier molecular flexibility index (Phi) is 3.36. The van der Waals surface area contributed by atoms with Crippen LogP contribution in [0.1, 0.15) is 19.4 Å². The minimum Gasteiger partial charge on any atom is -0.367 e. The van der Waals surface area contributed by atoms with Crippen LogP contribution in [0.4, 0.5) is 11.4 Å². The van der Waals surface area contributed by atoms with Crippen LogP contribution in [0, 0.1) is 0 Å². The molecule has 0 saturated heterocycles. The number of amides is 1. The number of likely N-dealkylation sites (N-methyl/N-ethyl adjacent to an activating group) is 1. The molecule has 0 aliphatic carbocycles. The number of ketones is 1. The lowest BCUT2D eigenvalue weighted by Crippen LogP contribution is -2.26. The van der Waals surface area contributed by atoms with Crippen LogP contribution in [-0.4, -0.2) is 31.8 Å². The fourth-order valence-corrected chi connectivity index (χ4v) is 2.38. The molecule has 1 aliphatic heterocycles. The van der Waals surface area contributed by atoms with Gasteiger partial charge in [-0.25, -0.2) is 0 Å². The minimum absolute atomic E-state index is 0.0820. The molecule has 0 atom stereocenters. The first kappa shape index (κ1) is 12.6. The van der Waals surface area contributed by atoms with Crippen molar-refractivity contribution in [3.05, 3.63) is 23.8 Å². The average Bonchev–Trinajstić information content (AvgIpc) is 2.70. The highest BCUT2D eigenvalue weighted by Crippen LogP contribution is 2.31. The lowest BCUT2D eigenvalue weighted by Gasteiger charge is -2.20. The van der Waals surface area contributed by atoms with Crippen LogP contribution in [0.25, 0.3) is 0 Å². The third kappa shape index (κ3) is 2.37. The van der Waals surface area contributed by atoms with Crippen molar-refractivity contribution in [2.75, 3.05) is 29.9 Å². The van der Waals surface area contributed by atoms with Gasteiger partial charge in [0.05, 0.1) is 6.54 Å². The van der Waals surface area contributed by atoms with Crippen molar-refractivity contribution in [1.29, 1.82) is 0 Å². The summed E-state index contributed by atoms with van der Waals surface area (Å²) in [5.74, 6) is 0.224. The molecule has 0 bridgehead atoms. The van der Waals surface area contributed by atoms with E-state index in [0.717, 1.165) is 24.3 Å². The number of Topliss-reactive ketones (excluding diaryl/α,β-unsaturated/α-hetero) is 1. The number of rotatable bonds is 3. The zero-order valence-electron chi connectivity index (χ0n) is 11.1. The van der Waals surface area contributed by atoms with Crippen molar-refractivity contribution in [2.24, 2.45) is 0 Å². The van der Waals surface area contributed by atoms with E-state index in [1.54, 1.807) is 18.7 Å². The van der Waals surface area contributed by atoms with Gasteiger partial charge in [0.2, 0.25) is 5.91 Å². The van der Waals surface area contributed by atoms with Gasteiger partial charge in [0.1, 0.15) is 5.78 Å². The van der Waals surface area contributed by atoms with Gasteiger partial charge in [-0.1, -0.05) is 0 Å². The van der Waals surface area contributed by atoms with Gasteiger partial charge >= 0.3 is 0 Å². The molecule has 1 aromatic carbocycles. The molecule has 0 radical (unpaired) electrons. The number of nitrogens with zero attached hydrogens (tertiary/aromatic N) is 2. The van der Waals surface area contributed by atoms with Crippen molar-refractivity contribution >= 4 is 23.1 Å². The first-order valence-corrected chi connectivity index (χ1v) is 6.10. The SMILES string of the molecule is CC(=O)CN(C)c1ccc2c(c1)CCN2C(C)=O. The van der Waals surface area contributed by atoms with E-state index < -0.39 is 0 Å². The molecular weight excluding hydrogens is 228 g/mol. The van der Waals surface area contributed by atoms with Gasteiger partial charge in [0, 0.05) is 31.9 Å². The Hall–Kier alpha value is -1.84. The van der Waals surface area contributed by atoms with Crippen LogP contribution in [0.15, 0.2) is 18.2 Å². The molecule has 1 aromatic rings.